The lowest BCUT2D eigenvalue weighted by Crippen LogP contribution is -2.47. The molecule has 0 heterocycles. The highest BCUT2D eigenvalue weighted by Crippen LogP contribution is 2.33. The van der Waals surface area contributed by atoms with Gasteiger partial charge in [0.2, 0.25) is 15.9 Å². The number of benzene rings is 3. The van der Waals surface area contributed by atoms with Crippen molar-refractivity contribution in [2.75, 3.05) is 15.9 Å². The van der Waals surface area contributed by atoms with Gasteiger partial charge in [0.15, 0.2) is 5.75 Å². The van der Waals surface area contributed by atoms with E-state index >= 15 is 0 Å². The van der Waals surface area contributed by atoms with Crippen LogP contribution >= 0.6 is 11.6 Å². The van der Waals surface area contributed by atoms with E-state index in [0.29, 0.717) is 27.9 Å². The predicted molar refractivity (Wildman–Crippen MR) is 134 cm³/mol. The number of para-hydroxylation sites is 1. The van der Waals surface area contributed by atoms with Crippen LogP contribution in [0.25, 0.3) is 0 Å². The van der Waals surface area contributed by atoms with Crippen LogP contribution in [0.5, 0.6) is 11.5 Å². The second-order valence-electron chi connectivity index (χ2n) is 7.80. The first-order valence-electron chi connectivity index (χ1n) is 10.5. The topological polar surface area (TPSA) is 75.7 Å². The second-order valence-corrected chi connectivity index (χ2v) is 10.1. The number of sulfonamides is 1. The number of rotatable bonds is 8. The van der Waals surface area contributed by atoms with Crippen LogP contribution in [-0.2, 0) is 14.8 Å². The quantitative estimate of drug-likeness (QED) is 0.428. The van der Waals surface area contributed by atoms with Gasteiger partial charge in [0.05, 0.1) is 17.6 Å². The molecule has 0 aliphatic carbocycles. The number of aryl methyl sites for hydroxylation is 2. The van der Waals surface area contributed by atoms with Gasteiger partial charge in [-0.2, -0.15) is 0 Å². The number of ether oxygens (including phenoxy) is 1. The van der Waals surface area contributed by atoms with Gasteiger partial charge in [0.25, 0.3) is 0 Å². The third-order valence-electron chi connectivity index (χ3n) is 5.25. The molecule has 0 radical (unpaired) electrons. The van der Waals surface area contributed by atoms with Crippen molar-refractivity contribution in [3.63, 3.8) is 0 Å². The molecule has 0 saturated heterocycles. The Kier molecular flexibility index (Phi) is 7.66. The van der Waals surface area contributed by atoms with E-state index in [-0.39, 0.29) is 6.42 Å². The van der Waals surface area contributed by atoms with Gasteiger partial charge in [-0.25, -0.2) is 8.42 Å². The Bertz CT molecular complexity index is 1250. The summed E-state index contributed by atoms with van der Waals surface area (Å²) < 4.78 is 32.6. The van der Waals surface area contributed by atoms with Crippen molar-refractivity contribution in [1.29, 1.82) is 0 Å². The fraction of sp³-hybridized carbons (Fsp3) is 0.240. The van der Waals surface area contributed by atoms with Crippen LogP contribution in [0, 0.1) is 13.8 Å². The summed E-state index contributed by atoms with van der Waals surface area (Å²) in [6.07, 6.45) is 1.36. The Morgan fingerprint density at radius 3 is 2.33 bits per heavy atom. The van der Waals surface area contributed by atoms with Gasteiger partial charge in [-0.05, 0) is 73.9 Å². The van der Waals surface area contributed by atoms with Crippen molar-refractivity contribution in [2.45, 2.75) is 33.2 Å². The Labute approximate surface area is 200 Å². The first-order valence-corrected chi connectivity index (χ1v) is 12.7. The summed E-state index contributed by atoms with van der Waals surface area (Å²) in [7, 11) is -3.75. The van der Waals surface area contributed by atoms with Gasteiger partial charge in [-0.1, -0.05) is 42.8 Å². The number of hydrogen-bond acceptors (Lipinski definition) is 4. The smallest absolute Gasteiger partial charge is 0.248 e. The lowest BCUT2D eigenvalue weighted by Gasteiger charge is -2.30. The highest BCUT2D eigenvalue weighted by molar-refractivity contribution is 7.92. The molecular formula is C25H27ClN2O4S. The molecule has 0 spiro atoms. The van der Waals surface area contributed by atoms with E-state index in [0.717, 1.165) is 21.7 Å². The average molecular weight is 487 g/mol. The van der Waals surface area contributed by atoms with Gasteiger partial charge in [-0.15, -0.1) is 0 Å². The Morgan fingerprint density at radius 1 is 1.03 bits per heavy atom. The van der Waals surface area contributed by atoms with Crippen molar-refractivity contribution in [3.8, 4) is 11.5 Å². The molecule has 8 heteroatoms. The molecular weight excluding hydrogens is 460 g/mol. The Morgan fingerprint density at radius 2 is 1.73 bits per heavy atom. The van der Waals surface area contributed by atoms with Gasteiger partial charge < -0.3 is 10.1 Å². The van der Waals surface area contributed by atoms with Gasteiger partial charge in [0, 0.05) is 5.02 Å². The first-order chi connectivity index (χ1) is 15.6. The van der Waals surface area contributed by atoms with E-state index in [2.05, 4.69) is 5.32 Å². The van der Waals surface area contributed by atoms with Crippen LogP contribution in [0.15, 0.2) is 66.7 Å². The second kappa shape index (κ2) is 10.3. The zero-order valence-electron chi connectivity index (χ0n) is 19.0. The number of halogens is 1. The maximum atomic E-state index is 13.4. The number of anilines is 2. The van der Waals surface area contributed by atoms with Crippen LogP contribution in [0.2, 0.25) is 5.02 Å². The normalized spacial score (nSPS) is 12.2. The third kappa shape index (κ3) is 6.06. The molecule has 0 aliphatic rings. The summed E-state index contributed by atoms with van der Waals surface area (Å²) in [6.45, 7) is 5.61. The van der Waals surface area contributed by atoms with Crippen molar-refractivity contribution < 1.29 is 17.9 Å². The van der Waals surface area contributed by atoms with Crippen LogP contribution in [0.4, 0.5) is 11.4 Å². The van der Waals surface area contributed by atoms with Crippen molar-refractivity contribution >= 4 is 38.9 Å². The standard InChI is InChI=1S/C25H27ClN2O4S/c1-5-23(28(33(4,30)31)20-13-11-17(2)18(3)15-20)25(29)27-22-16-19(26)12-14-24(22)32-21-9-7-6-8-10-21/h6-16,23H,5H2,1-4H3,(H,27,29)/t23-/m0/s1. The summed E-state index contributed by atoms with van der Waals surface area (Å²) in [5, 5.41) is 3.23. The van der Waals surface area contributed by atoms with Crippen LogP contribution in [0.1, 0.15) is 24.5 Å². The van der Waals surface area contributed by atoms with Crippen LogP contribution in [0.3, 0.4) is 0 Å². The van der Waals surface area contributed by atoms with E-state index in [1.54, 1.807) is 49.4 Å². The van der Waals surface area contributed by atoms with E-state index < -0.39 is 22.0 Å². The number of nitrogens with zero attached hydrogens (tertiary/aromatic N) is 1. The molecule has 0 aliphatic heterocycles. The minimum atomic E-state index is -3.75. The monoisotopic (exact) mass is 486 g/mol. The number of carbonyl (C=O) groups is 1. The number of amides is 1. The minimum Gasteiger partial charge on any atom is -0.455 e. The fourth-order valence-electron chi connectivity index (χ4n) is 3.44. The summed E-state index contributed by atoms with van der Waals surface area (Å²) in [5.41, 5.74) is 2.76. The van der Waals surface area contributed by atoms with E-state index in [9.17, 15) is 13.2 Å². The van der Waals surface area contributed by atoms with Crippen molar-refractivity contribution in [2.24, 2.45) is 0 Å². The Balaban J connectivity index is 1.95. The number of hydrogen-bond donors (Lipinski definition) is 1. The number of nitrogens with one attached hydrogen (secondary N) is 1. The molecule has 0 fully saturated rings. The lowest BCUT2D eigenvalue weighted by molar-refractivity contribution is -0.117. The molecule has 1 atom stereocenters. The highest BCUT2D eigenvalue weighted by atomic mass is 35.5. The molecule has 0 bridgehead atoms. The molecule has 0 saturated carbocycles. The molecule has 0 aromatic heterocycles. The predicted octanol–water partition coefficient (Wildman–Crippen LogP) is 5.93. The molecule has 1 amide bonds. The molecule has 0 unspecified atom stereocenters. The average Bonchev–Trinajstić information content (AvgIpc) is 2.75. The van der Waals surface area contributed by atoms with E-state index in [4.69, 9.17) is 16.3 Å². The molecule has 33 heavy (non-hydrogen) atoms. The number of carbonyl (C=O) groups excluding carboxylic acids is 1. The summed E-state index contributed by atoms with van der Waals surface area (Å²) >= 11 is 6.17. The van der Waals surface area contributed by atoms with Crippen molar-refractivity contribution in [1.82, 2.24) is 0 Å². The van der Waals surface area contributed by atoms with Gasteiger partial charge in [-0.3, -0.25) is 9.10 Å². The fourth-order valence-corrected chi connectivity index (χ4v) is 4.82. The molecule has 174 valence electrons. The van der Waals surface area contributed by atoms with Crippen LogP contribution in [-0.4, -0.2) is 26.6 Å². The minimum absolute atomic E-state index is 0.265. The first kappa shape index (κ1) is 24.6. The maximum absolute atomic E-state index is 13.4. The third-order valence-corrected chi connectivity index (χ3v) is 6.66. The molecule has 1 N–H and O–H groups in total. The Hall–Kier alpha value is -3.03. The van der Waals surface area contributed by atoms with Crippen molar-refractivity contribution in [3.05, 3.63) is 82.9 Å². The van der Waals surface area contributed by atoms with E-state index in [1.807, 2.05) is 38.1 Å². The zero-order chi connectivity index (χ0) is 24.2. The van der Waals surface area contributed by atoms with Crippen LogP contribution < -0.4 is 14.4 Å². The SMILES string of the molecule is CC[C@@H](C(=O)Nc1cc(Cl)ccc1Oc1ccccc1)N(c1ccc(C)c(C)c1)S(C)(=O)=O. The largest absolute Gasteiger partial charge is 0.455 e. The lowest BCUT2D eigenvalue weighted by atomic mass is 10.1. The van der Waals surface area contributed by atoms with Gasteiger partial charge >= 0.3 is 0 Å². The molecule has 3 rings (SSSR count). The maximum Gasteiger partial charge on any atom is 0.248 e. The molecule has 6 nitrogen and oxygen atoms in total. The van der Waals surface area contributed by atoms with Gasteiger partial charge in [0.1, 0.15) is 11.8 Å². The van der Waals surface area contributed by atoms with E-state index in [1.165, 1.54) is 0 Å². The summed E-state index contributed by atoms with van der Waals surface area (Å²) in [4.78, 5) is 13.4. The summed E-state index contributed by atoms with van der Waals surface area (Å²) in [5.74, 6) is 0.502. The molecule has 3 aromatic carbocycles. The highest BCUT2D eigenvalue weighted by Gasteiger charge is 2.32. The summed E-state index contributed by atoms with van der Waals surface area (Å²) in [6, 6.07) is 18.4. The zero-order valence-corrected chi connectivity index (χ0v) is 20.6. The molecule has 3 aromatic rings.